The molecule has 0 radical (unpaired) electrons. The summed E-state index contributed by atoms with van der Waals surface area (Å²) in [6, 6.07) is 0.857. The highest BCUT2D eigenvalue weighted by atomic mass is 19.4. The fraction of sp³-hybridized carbons (Fsp3) is 0.600. The molecule has 1 heterocycles. The highest BCUT2D eigenvalue weighted by molar-refractivity contribution is 5.75. The number of rotatable bonds is 4. The molecule has 0 saturated heterocycles. The number of hydrogen-bond donors (Lipinski definition) is 0. The van der Waals surface area contributed by atoms with Gasteiger partial charge in [0.25, 0.3) is 0 Å². The smallest absolute Gasteiger partial charge is 0.342 e. The number of nitrogens with zero attached hydrogens (tertiary/aromatic N) is 3. The van der Waals surface area contributed by atoms with Gasteiger partial charge in [-0.3, -0.25) is 9.48 Å². The van der Waals surface area contributed by atoms with Crippen LogP contribution in [0.1, 0.15) is 19.5 Å². The molecule has 0 atom stereocenters. The summed E-state index contributed by atoms with van der Waals surface area (Å²) >= 11 is 0. The molecular weight excluding hydrogens is 235 g/mol. The molecule has 0 aliphatic heterocycles. The van der Waals surface area contributed by atoms with Crippen LogP contribution < -0.4 is 0 Å². The quantitative estimate of drug-likeness (QED) is 0.815. The van der Waals surface area contributed by atoms with Gasteiger partial charge in [-0.2, -0.15) is 18.3 Å². The molecular formula is C10H14F3N3O. The van der Waals surface area contributed by atoms with Gasteiger partial charge in [0.05, 0.1) is 0 Å². The van der Waals surface area contributed by atoms with Gasteiger partial charge in [0.2, 0.25) is 5.91 Å². The Balaban J connectivity index is 2.70. The van der Waals surface area contributed by atoms with E-state index in [9.17, 15) is 18.0 Å². The number of amides is 1. The Morgan fingerprint density at radius 3 is 2.41 bits per heavy atom. The summed E-state index contributed by atoms with van der Waals surface area (Å²) in [5.74, 6) is -0.244. The minimum Gasteiger partial charge on any atom is -0.342 e. The van der Waals surface area contributed by atoms with Crippen LogP contribution in [0.5, 0.6) is 0 Å². The van der Waals surface area contributed by atoms with E-state index in [1.807, 2.05) is 13.8 Å². The first-order valence-corrected chi connectivity index (χ1v) is 5.26. The van der Waals surface area contributed by atoms with Crippen LogP contribution in [0.3, 0.4) is 0 Å². The summed E-state index contributed by atoms with van der Waals surface area (Å²) in [6.07, 6.45) is -3.31. The summed E-state index contributed by atoms with van der Waals surface area (Å²) in [6.45, 7) is 4.51. The van der Waals surface area contributed by atoms with Crippen LogP contribution in [-0.2, 0) is 17.5 Å². The standard InChI is InChI=1S/C10H14F3N3O/c1-3-15(4-2)9(17)7-16-6-5-8(14-16)10(11,12)13/h5-6H,3-4,7H2,1-2H3. The molecule has 4 nitrogen and oxygen atoms in total. The zero-order chi connectivity index (χ0) is 13.1. The van der Waals surface area contributed by atoms with Crippen molar-refractivity contribution in [1.29, 1.82) is 0 Å². The van der Waals surface area contributed by atoms with E-state index in [-0.39, 0.29) is 12.5 Å². The molecule has 0 saturated carbocycles. The molecule has 1 aromatic heterocycles. The lowest BCUT2D eigenvalue weighted by Crippen LogP contribution is -2.33. The van der Waals surface area contributed by atoms with E-state index in [2.05, 4.69) is 5.10 Å². The lowest BCUT2D eigenvalue weighted by Gasteiger charge is -2.18. The predicted molar refractivity (Wildman–Crippen MR) is 55.2 cm³/mol. The number of likely N-dealkylation sites (N-methyl/N-ethyl adjacent to an activating group) is 1. The Kier molecular flexibility index (Phi) is 4.14. The highest BCUT2D eigenvalue weighted by Gasteiger charge is 2.33. The van der Waals surface area contributed by atoms with Crippen LogP contribution in [0.15, 0.2) is 12.3 Å². The van der Waals surface area contributed by atoms with Crippen molar-refractivity contribution in [3.05, 3.63) is 18.0 Å². The summed E-state index contributed by atoms with van der Waals surface area (Å²) in [4.78, 5) is 13.2. The number of hydrogen-bond acceptors (Lipinski definition) is 2. The van der Waals surface area contributed by atoms with E-state index in [0.29, 0.717) is 13.1 Å². The second-order valence-electron chi connectivity index (χ2n) is 3.46. The zero-order valence-electron chi connectivity index (χ0n) is 9.66. The molecule has 0 unspecified atom stereocenters. The molecule has 0 bridgehead atoms. The molecule has 1 aromatic rings. The van der Waals surface area contributed by atoms with Gasteiger partial charge in [0.1, 0.15) is 6.54 Å². The third-order valence-corrected chi connectivity index (χ3v) is 2.34. The van der Waals surface area contributed by atoms with E-state index in [0.717, 1.165) is 16.9 Å². The van der Waals surface area contributed by atoms with Gasteiger partial charge in [-0.15, -0.1) is 0 Å². The van der Waals surface area contributed by atoms with Gasteiger partial charge in [-0.05, 0) is 19.9 Å². The van der Waals surface area contributed by atoms with Crippen molar-refractivity contribution < 1.29 is 18.0 Å². The zero-order valence-corrected chi connectivity index (χ0v) is 9.66. The molecule has 0 N–H and O–H groups in total. The summed E-state index contributed by atoms with van der Waals surface area (Å²) in [5.41, 5.74) is -0.982. The summed E-state index contributed by atoms with van der Waals surface area (Å²) in [7, 11) is 0. The molecule has 0 fully saturated rings. The number of halogens is 3. The number of carbonyl (C=O) groups excluding carboxylic acids is 1. The monoisotopic (exact) mass is 249 g/mol. The maximum Gasteiger partial charge on any atom is 0.435 e. The SMILES string of the molecule is CCN(CC)C(=O)Cn1ccc(C(F)(F)F)n1. The largest absolute Gasteiger partial charge is 0.435 e. The fourth-order valence-corrected chi connectivity index (χ4v) is 1.42. The average Bonchev–Trinajstić information content (AvgIpc) is 2.67. The van der Waals surface area contributed by atoms with Crippen molar-refractivity contribution in [3.63, 3.8) is 0 Å². The number of aromatic nitrogens is 2. The van der Waals surface area contributed by atoms with Gasteiger partial charge in [-0.1, -0.05) is 0 Å². The van der Waals surface area contributed by atoms with Crippen LogP contribution in [0.25, 0.3) is 0 Å². The Bertz CT molecular complexity index is 382. The number of carbonyl (C=O) groups is 1. The Morgan fingerprint density at radius 1 is 1.41 bits per heavy atom. The molecule has 0 aliphatic rings. The van der Waals surface area contributed by atoms with Crippen molar-refractivity contribution in [2.45, 2.75) is 26.6 Å². The Hall–Kier alpha value is -1.53. The van der Waals surface area contributed by atoms with Crippen molar-refractivity contribution in [1.82, 2.24) is 14.7 Å². The first kappa shape index (κ1) is 13.5. The van der Waals surface area contributed by atoms with E-state index in [4.69, 9.17) is 0 Å². The summed E-state index contributed by atoms with van der Waals surface area (Å²) in [5, 5.41) is 3.32. The maximum absolute atomic E-state index is 12.3. The fourth-order valence-electron chi connectivity index (χ4n) is 1.42. The van der Waals surface area contributed by atoms with Gasteiger partial charge >= 0.3 is 6.18 Å². The lowest BCUT2D eigenvalue weighted by molar-refractivity contribution is -0.142. The van der Waals surface area contributed by atoms with Crippen LogP contribution in [0.4, 0.5) is 13.2 Å². The molecule has 96 valence electrons. The van der Waals surface area contributed by atoms with Crippen molar-refractivity contribution in [2.75, 3.05) is 13.1 Å². The lowest BCUT2D eigenvalue weighted by atomic mass is 10.4. The van der Waals surface area contributed by atoms with Crippen LogP contribution in [0.2, 0.25) is 0 Å². The highest BCUT2D eigenvalue weighted by Crippen LogP contribution is 2.27. The number of alkyl halides is 3. The van der Waals surface area contributed by atoms with Crippen molar-refractivity contribution >= 4 is 5.91 Å². The van der Waals surface area contributed by atoms with Crippen molar-refractivity contribution in [3.8, 4) is 0 Å². The van der Waals surface area contributed by atoms with E-state index < -0.39 is 11.9 Å². The van der Waals surface area contributed by atoms with E-state index in [1.54, 1.807) is 0 Å². The van der Waals surface area contributed by atoms with Crippen molar-refractivity contribution in [2.24, 2.45) is 0 Å². The second-order valence-corrected chi connectivity index (χ2v) is 3.46. The first-order chi connectivity index (χ1) is 7.88. The van der Waals surface area contributed by atoms with Crippen LogP contribution in [0, 0.1) is 0 Å². The molecule has 0 aliphatic carbocycles. The van der Waals surface area contributed by atoms with Gasteiger partial charge < -0.3 is 4.90 Å². The van der Waals surface area contributed by atoms with Crippen LogP contribution in [-0.4, -0.2) is 33.7 Å². The topological polar surface area (TPSA) is 38.1 Å². The van der Waals surface area contributed by atoms with Gasteiger partial charge in [0, 0.05) is 19.3 Å². The molecule has 0 aromatic carbocycles. The normalized spacial score (nSPS) is 11.6. The van der Waals surface area contributed by atoms with Gasteiger partial charge in [0.15, 0.2) is 5.69 Å². The first-order valence-electron chi connectivity index (χ1n) is 5.26. The molecule has 17 heavy (non-hydrogen) atoms. The second kappa shape index (κ2) is 5.20. The average molecular weight is 249 g/mol. The summed E-state index contributed by atoms with van der Waals surface area (Å²) < 4.78 is 37.8. The minimum atomic E-state index is -4.47. The van der Waals surface area contributed by atoms with Gasteiger partial charge in [-0.25, -0.2) is 0 Å². The maximum atomic E-state index is 12.3. The Labute approximate surface area is 97.0 Å². The van der Waals surface area contributed by atoms with Crippen LogP contribution >= 0.6 is 0 Å². The van der Waals surface area contributed by atoms with E-state index in [1.165, 1.54) is 4.90 Å². The predicted octanol–water partition coefficient (Wildman–Crippen LogP) is 1.77. The molecule has 1 rings (SSSR count). The Morgan fingerprint density at radius 2 is 2.00 bits per heavy atom. The molecule has 0 spiro atoms. The minimum absolute atomic E-state index is 0.169. The molecule has 1 amide bonds. The van der Waals surface area contributed by atoms with E-state index >= 15 is 0 Å². The third kappa shape index (κ3) is 3.47. The third-order valence-electron chi connectivity index (χ3n) is 2.34. The molecule has 7 heteroatoms.